The lowest BCUT2D eigenvalue weighted by Crippen LogP contribution is -2.40. The summed E-state index contributed by atoms with van der Waals surface area (Å²) in [5, 5.41) is 0.235. The molecule has 0 aromatic heterocycles. The first-order valence-corrected chi connectivity index (χ1v) is 4.90. The quantitative estimate of drug-likeness (QED) is 0.721. The fourth-order valence-electron chi connectivity index (χ4n) is 1.62. The number of hydrogen-bond donors (Lipinski definition) is 0. The number of halogens is 4. The summed E-state index contributed by atoms with van der Waals surface area (Å²) < 4.78 is 36.8. The van der Waals surface area contributed by atoms with E-state index in [0.29, 0.717) is 4.90 Å². The van der Waals surface area contributed by atoms with Gasteiger partial charge in [0.05, 0.1) is 12.2 Å². The minimum atomic E-state index is -5.00. The molecule has 90 valence electrons. The predicted octanol–water partition coefficient (Wildman–Crippen LogP) is 2.43. The molecule has 1 amide bonds. The molecule has 0 bridgehead atoms. The van der Waals surface area contributed by atoms with Gasteiger partial charge in [-0.3, -0.25) is 14.5 Å². The minimum Gasteiger partial charge on any atom is -0.296 e. The third-order valence-electron chi connectivity index (χ3n) is 2.34. The van der Waals surface area contributed by atoms with E-state index in [9.17, 15) is 22.8 Å². The van der Waals surface area contributed by atoms with E-state index in [1.54, 1.807) is 0 Å². The van der Waals surface area contributed by atoms with Gasteiger partial charge in [0.15, 0.2) is 5.78 Å². The average molecular weight is 264 g/mol. The average Bonchev–Trinajstić information content (AvgIpc) is 2.53. The van der Waals surface area contributed by atoms with Crippen LogP contribution in [0.3, 0.4) is 0 Å². The fourth-order valence-corrected chi connectivity index (χ4v) is 1.79. The highest BCUT2D eigenvalue weighted by Crippen LogP contribution is 2.33. The van der Waals surface area contributed by atoms with Crippen LogP contribution in [0.5, 0.6) is 0 Å². The van der Waals surface area contributed by atoms with E-state index in [1.165, 1.54) is 18.2 Å². The third kappa shape index (κ3) is 2.00. The second kappa shape index (κ2) is 3.73. The SMILES string of the molecule is O=C1CN(C(=O)C(F)(F)F)c2ccc(Cl)cc21. The van der Waals surface area contributed by atoms with Crippen molar-refractivity contribution in [2.24, 2.45) is 0 Å². The van der Waals surface area contributed by atoms with Crippen molar-refractivity contribution in [1.82, 2.24) is 0 Å². The van der Waals surface area contributed by atoms with E-state index < -0.39 is 24.4 Å². The second-order valence-corrected chi connectivity index (χ2v) is 3.91. The maximum atomic E-state index is 12.3. The zero-order chi connectivity index (χ0) is 12.8. The number of Topliss-reactive ketones (excluding diaryl/α,β-unsaturated/α-hetero) is 1. The van der Waals surface area contributed by atoms with Crippen LogP contribution in [0.25, 0.3) is 0 Å². The summed E-state index contributed by atoms with van der Waals surface area (Å²) in [6.45, 7) is -0.603. The summed E-state index contributed by atoms with van der Waals surface area (Å²) in [7, 11) is 0. The van der Waals surface area contributed by atoms with Crippen LogP contribution in [0.1, 0.15) is 10.4 Å². The van der Waals surface area contributed by atoms with E-state index in [2.05, 4.69) is 0 Å². The van der Waals surface area contributed by atoms with Gasteiger partial charge in [-0.2, -0.15) is 13.2 Å². The van der Waals surface area contributed by atoms with Gasteiger partial charge < -0.3 is 0 Å². The van der Waals surface area contributed by atoms with Crippen LogP contribution in [0.4, 0.5) is 18.9 Å². The molecule has 0 spiro atoms. The van der Waals surface area contributed by atoms with Crippen LogP contribution < -0.4 is 4.90 Å². The molecule has 0 fully saturated rings. The van der Waals surface area contributed by atoms with Crippen molar-refractivity contribution in [2.45, 2.75) is 6.18 Å². The zero-order valence-electron chi connectivity index (χ0n) is 8.21. The lowest BCUT2D eigenvalue weighted by molar-refractivity contribution is -0.170. The molecule has 2 rings (SSSR count). The molecule has 7 heteroatoms. The molecule has 1 aromatic carbocycles. The Hall–Kier alpha value is -1.56. The summed E-state index contributed by atoms with van der Waals surface area (Å²) in [5.41, 5.74) is -0.0168. The van der Waals surface area contributed by atoms with Gasteiger partial charge in [0.25, 0.3) is 0 Å². The van der Waals surface area contributed by atoms with Gasteiger partial charge in [0.1, 0.15) is 0 Å². The lowest BCUT2D eigenvalue weighted by Gasteiger charge is -2.17. The number of amides is 1. The highest BCUT2D eigenvalue weighted by Gasteiger charge is 2.46. The maximum Gasteiger partial charge on any atom is 0.471 e. The number of anilines is 1. The Kier molecular flexibility index (Phi) is 2.61. The van der Waals surface area contributed by atoms with Gasteiger partial charge >= 0.3 is 12.1 Å². The molecule has 0 atom stereocenters. The Morgan fingerprint density at radius 2 is 2.00 bits per heavy atom. The van der Waals surface area contributed by atoms with Crippen LogP contribution in [-0.2, 0) is 4.79 Å². The molecule has 0 aliphatic carbocycles. The first-order valence-electron chi connectivity index (χ1n) is 4.52. The number of rotatable bonds is 0. The molecule has 0 saturated heterocycles. The molecule has 0 N–H and O–H groups in total. The van der Waals surface area contributed by atoms with Crippen molar-refractivity contribution in [2.75, 3.05) is 11.4 Å². The maximum absolute atomic E-state index is 12.3. The highest BCUT2D eigenvalue weighted by molar-refractivity contribution is 6.31. The monoisotopic (exact) mass is 263 g/mol. The number of carbonyl (C=O) groups is 2. The van der Waals surface area contributed by atoms with Crippen molar-refractivity contribution in [1.29, 1.82) is 0 Å². The molecular formula is C10H5ClF3NO2. The normalized spacial score (nSPS) is 15.1. The smallest absolute Gasteiger partial charge is 0.296 e. The summed E-state index contributed by atoms with van der Waals surface area (Å²) in [5.74, 6) is -2.60. The molecule has 0 radical (unpaired) electrons. The van der Waals surface area contributed by atoms with Gasteiger partial charge in [-0.05, 0) is 18.2 Å². The number of benzene rings is 1. The van der Waals surface area contributed by atoms with Crippen molar-refractivity contribution in [3.8, 4) is 0 Å². The Balaban J connectivity index is 2.45. The molecule has 3 nitrogen and oxygen atoms in total. The topological polar surface area (TPSA) is 37.4 Å². The number of hydrogen-bond acceptors (Lipinski definition) is 2. The van der Waals surface area contributed by atoms with E-state index in [-0.39, 0.29) is 16.3 Å². The molecule has 1 aliphatic rings. The van der Waals surface area contributed by atoms with Gasteiger partial charge in [0, 0.05) is 10.6 Å². The van der Waals surface area contributed by atoms with E-state index in [4.69, 9.17) is 11.6 Å². The zero-order valence-corrected chi connectivity index (χ0v) is 8.97. The molecule has 1 aliphatic heterocycles. The first-order chi connectivity index (χ1) is 7.80. The molecule has 17 heavy (non-hydrogen) atoms. The van der Waals surface area contributed by atoms with Gasteiger partial charge in [0.2, 0.25) is 0 Å². The summed E-state index contributed by atoms with van der Waals surface area (Å²) in [6, 6.07) is 3.81. The standard InChI is InChI=1S/C10H5ClF3NO2/c11-5-1-2-7-6(3-5)8(16)4-15(7)9(17)10(12,13)14/h1-3H,4H2. The van der Waals surface area contributed by atoms with Crippen LogP contribution in [0.15, 0.2) is 18.2 Å². The van der Waals surface area contributed by atoms with Gasteiger partial charge in [-0.1, -0.05) is 11.6 Å². The number of alkyl halides is 3. The number of nitrogens with zero attached hydrogens (tertiary/aromatic N) is 1. The lowest BCUT2D eigenvalue weighted by atomic mass is 10.1. The molecule has 0 saturated carbocycles. The summed E-state index contributed by atoms with van der Waals surface area (Å²) in [6.07, 6.45) is -5.00. The van der Waals surface area contributed by atoms with E-state index in [1.807, 2.05) is 0 Å². The van der Waals surface area contributed by atoms with E-state index in [0.717, 1.165) is 0 Å². The highest BCUT2D eigenvalue weighted by atomic mass is 35.5. The number of ketones is 1. The Bertz CT molecular complexity index is 513. The third-order valence-corrected chi connectivity index (χ3v) is 2.57. The van der Waals surface area contributed by atoms with Crippen molar-refractivity contribution in [3.05, 3.63) is 28.8 Å². The van der Waals surface area contributed by atoms with Crippen molar-refractivity contribution >= 4 is 29.0 Å². The summed E-state index contributed by atoms with van der Waals surface area (Å²) in [4.78, 5) is 22.9. The first kappa shape index (κ1) is 11.9. The number of carbonyl (C=O) groups excluding carboxylic acids is 2. The molecule has 1 heterocycles. The molecule has 0 unspecified atom stereocenters. The van der Waals surface area contributed by atoms with Crippen LogP contribution >= 0.6 is 11.6 Å². The minimum absolute atomic E-state index is 0.0371. The Morgan fingerprint density at radius 3 is 2.59 bits per heavy atom. The number of fused-ring (bicyclic) bond motifs is 1. The van der Waals surface area contributed by atoms with E-state index >= 15 is 0 Å². The Morgan fingerprint density at radius 1 is 1.35 bits per heavy atom. The van der Waals surface area contributed by atoms with Crippen LogP contribution in [0, 0.1) is 0 Å². The molecule has 1 aromatic rings. The largest absolute Gasteiger partial charge is 0.471 e. The Labute approximate surface area is 98.8 Å². The van der Waals surface area contributed by atoms with Crippen LogP contribution in [0.2, 0.25) is 5.02 Å². The molecular weight excluding hydrogens is 259 g/mol. The second-order valence-electron chi connectivity index (χ2n) is 3.47. The van der Waals surface area contributed by atoms with Gasteiger partial charge in [-0.25, -0.2) is 0 Å². The van der Waals surface area contributed by atoms with Crippen molar-refractivity contribution in [3.63, 3.8) is 0 Å². The van der Waals surface area contributed by atoms with Crippen molar-refractivity contribution < 1.29 is 22.8 Å². The predicted molar refractivity (Wildman–Crippen MR) is 54.2 cm³/mol. The summed E-state index contributed by atoms with van der Waals surface area (Å²) >= 11 is 5.63. The van der Waals surface area contributed by atoms with Gasteiger partial charge in [-0.15, -0.1) is 0 Å². The fraction of sp³-hybridized carbons (Fsp3) is 0.200. The van der Waals surface area contributed by atoms with Crippen LogP contribution in [-0.4, -0.2) is 24.4 Å².